The molecular formula is C18H19N5O2. The summed E-state index contributed by atoms with van der Waals surface area (Å²) >= 11 is 0. The number of aromatic nitrogens is 5. The molecule has 7 heteroatoms. The third-order valence-electron chi connectivity index (χ3n) is 4.47. The Morgan fingerprint density at radius 3 is 2.68 bits per heavy atom. The van der Waals surface area contributed by atoms with Crippen LogP contribution in [0.25, 0.3) is 16.9 Å². The van der Waals surface area contributed by atoms with Crippen LogP contribution in [0.2, 0.25) is 0 Å². The Morgan fingerprint density at radius 2 is 1.96 bits per heavy atom. The van der Waals surface area contributed by atoms with Crippen molar-refractivity contribution in [2.45, 2.75) is 20.1 Å². The number of methoxy groups -OCH3 is 1. The van der Waals surface area contributed by atoms with Crippen molar-refractivity contribution in [1.29, 1.82) is 0 Å². The number of rotatable bonds is 4. The van der Waals surface area contributed by atoms with Crippen LogP contribution in [-0.2, 0) is 24.9 Å². The largest absolute Gasteiger partial charge is 0.378 e. The van der Waals surface area contributed by atoms with Crippen molar-refractivity contribution in [1.82, 2.24) is 23.5 Å². The Bertz CT molecular complexity index is 1120. The summed E-state index contributed by atoms with van der Waals surface area (Å²) in [5.74, 6) is 0.576. The molecule has 128 valence electrons. The Labute approximate surface area is 144 Å². The van der Waals surface area contributed by atoms with E-state index in [1.54, 1.807) is 17.8 Å². The average Bonchev–Trinajstić information content (AvgIpc) is 3.17. The first-order valence-corrected chi connectivity index (χ1v) is 8.06. The third-order valence-corrected chi connectivity index (χ3v) is 4.47. The van der Waals surface area contributed by atoms with Gasteiger partial charge in [0.15, 0.2) is 11.2 Å². The molecule has 0 aliphatic rings. The van der Waals surface area contributed by atoms with Crippen molar-refractivity contribution in [2.24, 2.45) is 7.05 Å². The van der Waals surface area contributed by atoms with Gasteiger partial charge in [0.1, 0.15) is 0 Å². The molecule has 0 fully saturated rings. The summed E-state index contributed by atoms with van der Waals surface area (Å²) in [5, 5.41) is 0. The highest BCUT2D eigenvalue weighted by Crippen LogP contribution is 2.17. The fourth-order valence-electron chi connectivity index (χ4n) is 3.23. The topological polar surface area (TPSA) is 66.3 Å². The number of fused-ring (bicyclic) bond motifs is 2. The highest BCUT2D eigenvalue weighted by molar-refractivity contribution is 5.73. The van der Waals surface area contributed by atoms with E-state index in [-0.39, 0.29) is 5.56 Å². The number of benzene rings is 1. The molecule has 0 aliphatic heterocycles. The van der Waals surface area contributed by atoms with Gasteiger partial charge in [-0.3, -0.25) is 9.36 Å². The Balaban J connectivity index is 2.00. The van der Waals surface area contributed by atoms with E-state index in [0.717, 1.165) is 17.0 Å². The number of ether oxygens (including phenoxy) is 1. The fourth-order valence-corrected chi connectivity index (χ4v) is 3.23. The van der Waals surface area contributed by atoms with Gasteiger partial charge in [-0.15, -0.1) is 0 Å². The van der Waals surface area contributed by atoms with E-state index >= 15 is 0 Å². The quantitative estimate of drug-likeness (QED) is 0.570. The lowest BCUT2D eigenvalue weighted by Crippen LogP contribution is -2.22. The number of nitrogens with zero attached hydrogens (tertiary/aromatic N) is 5. The molecule has 0 saturated heterocycles. The molecule has 7 nitrogen and oxygen atoms in total. The molecule has 0 atom stereocenters. The van der Waals surface area contributed by atoms with Crippen LogP contribution in [0, 0.1) is 6.92 Å². The first-order chi connectivity index (χ1) is 12.1. The van der Waals surface area contributed by atoms with Crippen LogP contribution in [0.15, 0.2) is 41.5 Å². The predicted octanol–water partition coefficient (Wildman–Crippen LogP) is 1.89. The van der Waals surface area contributed by atoms with E-state index in [4.69, 9.17) is 4.74 Å². The van der Waals surface area contributed by atoms with Crippen LogP contribution in [0.4, 0.5) is 0 Å². The predicted molar refractivity (Wildman–Crippen MR) is 94.7 cm³/mol. The second kappa shape index (κ2) is 5.86. The zero-order valence-electron chi connectivity index (χ0n) is 14.4. The van der Waals surface area contributed by atoms with Gasteiger partial charge >= 0.3 is 0 Å². The molecular weight excluding hydrogens is 318 g/mol. The van der Waals surface area contributed by atoms with Gasteiger partial charge in [0.2, 0.25) is 5.78 Å². The maximum atomic E-state index is 13.2. The van der Waals surface area contributed by atoms with Crippen LogP contribution in [0.5, 0.6) is 0 Å². The van der Waals surface area contributed by atoms with Crippen LogP contribution in [-0.4, -0.2) is 30.6 Å². The van der Waals surface area contributed by atoms with Crippen molar-refractivity contribution in [3.8, 4) is 0 Å². The normalized spacial score (nSPS) is 11.6. The summed E-state index contributed by atoms with van der Waals surface area (Å²) in [7, 11) is 3.49. The Morgan fingerprint density at radius 1 is 1.20 bits per heavy atom. The molecule has 0 bridgehead atoms. The van der Waals surface area contributed by atoms with Gasteiger partial charge in [-0.2, -0.15) is 0 Å². The second-order valence-electron chi connectivity index (χ2n) is 6.11. The highest BCUT2D eigenvalue weighted by Gasteiger charge is 2.19. The molecule has 3 aromatic heterocycles. The molecule has 0 amide bonds. The van der Waals surface area contributed by atoms with Gasteiger partial charge in [-0.25, -0.2) is 14.4 Å². The fraction of sp³-hybridized carbons (Fsp3) is 0.278. The van der Waals surface area contributed by atoms with E-state index in [1.165, 1.54) is 0 Å². The summed E-state index contributed by atoms with van der Waals surface area (Å²) in [6.45, 7) is 2.81. The summed E-state index contributed by atoms with van der Waals surface area (Å²) < 4.78 is 10.6. The van der Waals surface area contributed by atoms with E-state index in [1.807, 2.05) is 53.4 Å². The van der Waals surface area contributed by atoms with Crippen molar-refractivity contribution in [2.75, 3.05) is 7.11 Å². The van der Waals surface area contributed by atoms with Crippen LogP contribution >= 0.6 is 0 Å². The summed E-state index contributed by atoms with van der Waals surface area (Å²) in [4.78, 5) is 22.2. The lowest BCUT2D eigenvalue weighted by atomic mass is 10.2. The van der Waals surface area contributed by atoms with Crippen molar-refractivity contribution in [3.63, 3.8) is 0 Å². The zero-order chi connectivity index (χ0) is 17.6. The second-order valence-corrected chi connectivity index (χ2v) is 6.11. The monoisotopic (exact) mass is 337 g/mol. The molecule has 0 unspecified atom stereocenters. The van der Waals surface area contributed by atoms with Crippen molar-refractivity contribution >= 4 is 16.9 Å². The molecule has 3 heterocycles. The lowest BCUT2D eigenvalue weighted by molar-refractivity contribution is 0.180. The Hall–Kier alpha value is -2.93. The van der Waals surface area contributed by atoms with E-state index in [2.05, 4.69) is 9.97 Å². The molecule has 0 radical (unpaired) electrons. The summed E-state index contributed by atoms with van der Waals surface area (Å²) in [6.07, 6.45) is 1.71. The van der Waals surface area contributed by atoms with E-state index in [9.17, 15) is 4.79 Å². The van der Waals surface area contributed by atoms with Crippen LogP contribution in [0.3, 0.4) is 0 Å². The van der Waals surface area contributed by atoms with Gasteiger partial charge in [0, 0.05) is 20.7 Å². The molecule has 1 aromatic carbocycles. The zero-order valence-corrected chi connectivity index (χ0v) is 14.4. The maximum Gasteiger partial charge on any atom is 0.285 e. The lowest BCUT2D eigenvalue weighted by Gasteiger charge is -2.08. The molecule has 4 rings (SSSR count). The third kappa shape index (κ3) is 2.35. The van der Waals surface area contributed by atoms with Gasteiger partial charge in [0.05, 0.1) is 24.3 Å². The minimum absolute atomic E-state index is 0.121. The molecule has 4 aromatic rings. The number of hydrogen-bond donors (Lipinski definition) is 0. The van der Waals surface area contributed by atoms with Gasteiger partial charge in [-0.1, -0.05) is 30.3 Å². The maximum absolute atomic E-state index is 13.2. The molecule has 0 saturated carbocycles. The molecule has 0 N–H and O–H groups in total. The standard InChI is InChI=1S/C18H19N5O2/c1-12-14(10-25-3)23-17(24)15-16(21(2)18(23)20-12)19-11-22(15)9-13-7-5-4-6-8-13/h4-8,11H,9-10H2,1-3H3. The highest BCUT2D eigenvalue weighted by atomic mass is 16.5. The molecule has 0 spiro atoms. The Kier molecular flexibility index (Phi) is 3.65. The van der Waals surface area contributed by atoms with Gasteiger partial charge in [-0.05, 0) is 12.5 Å². The summed E-state index contributed by atoms with van der Waals surface area (Å²) in [5.41, 5.74) is 3.74. The molecule has 0 aliphatic carbocycles. The molecule has 25 heavy (non-hydrogen) atoms. The van der Waals surface area contributed by atoms with Crippen molar-refractivity contribution < 1.29 is 4.74 Å². The number of imidazole rings is 2. The average molecular weight is 337 g/mol. The van der Waals surface area contributed by atoms with Gasteiger partial charge < -0.3 is 9.30 Å². The van der Waals surface area contributed by atoms with Gasteiger partial charge in [0.25, 0.3) is 5.56 Å². The minimum Gasteiger partial charge on any atom is -0.378 e. The van der Waals surface area contributed by atoms with Crippen LogP contribution in [0.1, 0.15) is 17.0 Å². The SMILES string of the molecule is COCc1c(C)nc2n(C)c3ncn(Cc4ccccc4)c3c(=O)n12. The van der Waals surface area contributed by atoms with E-state index in [0.29, 0.717) is 30.1 Å². The van der Waals surface area contributed by atoms with Crippen LogP contribution < -0.4 is 5.56 Å². The number of hydrogen-bond acceptors (Lipinski definition) is 4. The van der Waals surface area contributed by atoms with Crippen molar-refractivity contribution in [3.05, 3.63) is 64.0 Å². The first kappa shape index (κ1) is 15.6. The number of aryl methyl sites for hydroxylation is 2. The minimum atomic E-state index is -0.121. The first-order valence-electron chi connectivity index (χ1n) is 8.06. The van der Waals surface area contributed by atoms with E-state index < -0.39 is 0 Å². The summed E-state index contributed by atoms with van der Waals surface area (Å²) in [6, 6.07) is 10.0. The smallest absolute Gasteiger partial charge is 0.285 e.